The summed E-state index contributed by atoms with van der Waals surface area (Å²) in [5.41, 5.74) is 2.55. The van der Waals surface area contributed by atoms with Gasteiger partial charge in [-0.25, -0.2) is 26.3 Å². The number of halogens is 3. The molecule has 1 heterocycles. The Bertz CT molecular complexity index is 1510. The number of rotatable bonds is 11. The molecule has 1 atom stereocenters. The van der Waals surface area contributed by atoms with Crippen LogP contribution in [0.1, 0.15) is 50.6 Å². The third-order valence-corrected chi connectivity index (χ3v) is 9.96. The molecule has 2 aliphatic rings. The van der Waals surface area contributed by atoms with Crippen LogP contribution in [0.3, 0.4) is 0 Å². The smallest absolute Gasteiger partial charge is 0.261 e. The zero-order chi connectivity index (χ0) is 31.3. The number of nitrogens with zero attached hydrogens (tertiary/aromatic N) is 1. The van der Waals surface area contributed by atoms with Gasteiger partial charge in [0.1, 0.15) is 18.2 Å². The van der Waals surface area contributed by atoms with Crippen LogP contribution in [0.4, 0.5) is 13.2 Å². The van der Waals surface area contributed by atoms with Crippen molar-refractivity contribution in [3.05, 3.63) is 84.2 Å². The van der Waals surface area contributed by atoms with Crippen LogP contribution in [0, 0.1) is 11.7 Å². The number of sulfonamides is 1. The Kier molecular flexibility index (Phi) is 9.97. The average Bonchev–Trinajstić information content (AvgIpc) is 3.36. The van der Waals surface area contributed by atoms with Crippen molar-refractivity contribution in [2.24, 2.45) is 5.92 Å². The summed E-state index contributed by atoms with van der Waals surface area (Å²) in [5, 5.41) is 2.99. The molecule has 44 heavy (non-hydrogen) atoms. The Labute approximate surface area is 256 Å². The highest BCUT2D eigenvalue weighted by Crippen LogP contribution is 2.29. The molecule has 1 saturated heterocycles. The van der Waals surface area contributed by atoms with E-state index in [1.54, 1.807) is 53.4 Å². The summed E-state index contributed by atoms with van der Waals surface area (Å²) in [6.07, 6.45) is 2.14. The van der Waals surface area contributed by atoms with Crippen LogP contribution in [-0.2, 0) is 14.8 Å². The second-order valence-electron chi connectivity index (χ2n) is 11.7. The lowest BCUT2D eigenvalue weighted by Gasteiger charge is -2.29. The molecule has 0 unspecified atom stereocenters. The molecular weight excluding hydrogens is 591 g/mol. The summed E-state index contributed by atoms with van der Waals surface area (Å²) in [4.78, 5) is 14.7. The lowest BCUT2D eigenvalue weighted by Crippen LogP contribution is -2.41. The van der Waals surface area contributed by atoms with Gasteiger partial charge in [-0.15, -0.1) is 0 Å². The standard InChI is InChI=1S/C33H38F3N3O4S/c1-23(24-2-10-28(34)11-3-24)37-32(40)27-4-12-29(13-5-27)38-44(41,42)31-16-8-26(9-17-31)25-6-14-30(15-7-25)43-21-20-39-19-18-33(35,36)22-39/h2-3,6-11,14-17,23,27,29,38H,4-5,12-13,18-22H2,1H3,(H,37,40)/t23-,27?,29?/m1/s1. The lowest BCUT2D eigenvalue weighted by atomic mass is 9.85. The number of likely N-dealkylation sites (tertiary alicyclic amines) is 1. The van der Waals surface area contributed by atoms with Gasteiger partial charge in [-0.2, -0.15) is 0 Å². The van der Waals surface area contributed by atoms with Crippen molar-refractivity contribution in [1.82, 2.24) is 14.9 Å². The number of ether oxygens (including phenoxy) is 1. The zero-order valence-corrected chi connectivity index (χ0v) is 25.5. The first-order valence-electron chi connectivity index (χ1n) is 15.0. The van der Waals surface area contributed by atoms with E-state index in [1.807, 2.05) is 19.1 Å². The van der Waals surface area contributed by atoms with Crippen molar-refractivity contribution in [1.29, 1.82) is 0 Å². The van der Waals surface area contributed by atoms with Crippen molar-refractivity contribution in [2.45, 2.75) is 61.9 Å². The molecule has 3 aromatic carbocycles. The van der Waals surface area contributed by atoms with E-state index in [-0.39, 0.29) is 47.6 Å². The van der Waals surface area contributed by atoms with Gasteiger partial charge in [0, 0.05) is 31.5 Å². The summed E-state index contributed by atoms with van der Waals surface area (Å²) >= 11 is 0. The average molecular weight is 630 g/mol. The van der Waals surface area contributed by atoms with Crippen LogP contribution >= 0.6 is 0 Å². The first-order valence-corrected chi connectivity index (χ1v) is 16.5. The van der Waals surface area contributed by atoms with Gasteiger partial charge in [0.15, 0.2) is 0 Å². The Morgan fingerprint density at radius 1 is 0.955 bits per heavy atom. The van der Waals surface area contributed by atoms with E-state index in [9.17, 15) is 26.4 Å². The second kappa shape index (κ2) is 13.7. The van der Waals surface area contributed by atoms with Gasteiger partial charge < -0.3 is 10.1 Å². The van der Waals surface area contributed by atoms with Crippen molar-refractivity contribution in [3.8, 4) is 16.9 Å². The fourth-order valence-corrected chi connectivity index (χ4v) is 7.09. The molecule has 11 heteroatoms. The molecule has 0 spiro atoms. The number of amides is 1. The summed E-state index contributed by atoms with van der Waals surface area (Å²) in [6, 6.07) is 19.5. The van der Waals surface area contributed by atoms with Crippen LogP contribution in [0.2, 0.25) is 0 Å². The minimum atomic E-state index is -3.74. The van der Waals surface area contributed by atoms with Crippen molar-refractivity contribution in [2.75, 3.05) is 26.2 Å². The van der Waals surface area contributed by atoms with Gasteiger partial charge in [-0.3, -0.25) is 9.69 Å². The van der Waals surface area contributed by atoms with Crippen molar-refractivity contribution >= 4 is 15.9 Å². The van der Waals surface area contributed by atoms with Crippen LogP contribution in [0.25, 0.3) is 11.1 Å². The molecule has 236 valence electrons. The fourth-order valence-electron chi connectivity index (χ4n) is 5.79. The molecule has 2 N–H and O–H groups in total. The SMILES string of the molecule is C[C@@H](NC(=O)C1CCC(NS(=O)(=O)c2ccc(-c3ccc(OCCN4CCC(F)(F)C4)cc3)cc2)CC1)c1ccc(F)cc1. The summed E-state index contributed by atoms with van der Waals surface area (Å²) < 4.78 is 74.5. The first kappa shape index (κ1) is 32.0. The fraction of sp³-hybridized carbons (Fsp3) is 0.424. The molecule has 5 rings (SSSR count). The van der Waals surface area contributed by atoms with Crippen LogP contribution in [0.5, 0.6) is 5.75 Å². The van der Waals surface area contributed by atoms with Crippen LogP contribution < -0.4 is 14.8 Å². The molecular formula is C33H38F3N3O4S. The molecule has 0 bridgehead atoms. The normalized spacial score (nSPS) is 21.1. The molecule has 1 saturated carbocycles. The maximum absolute atomic E-state index is 13.3. The maximum Gasteiger partial charge on any atom is 0.261 e. The minimum Gasteiger partial charge on any atom is -0.492 e. The predicted molar refractivity (Wildman–Crippen MR) is 162 cm³/mol. The van der Waals surface area contributed by atoms with E-state index in [2.05, 4.69) is 10.0 Å². The molecule has 1 amide bonds. The van der Waals surface area contributed by atoms with Crippen LogP contribution in [0.15, 0.2) is 77.7 Å². The van der Waals surface area contributed by atoms with Gasteiger partial charge in [0.05, 0.1) is 17.5 Å². The van der Waals surface area contributed by atoms with Gasteiger partial charge in [0.25, 0.3) is 5.92 Å². The summed E-state index contributed by atoms with van der Waals surface area (Å²) in [5.74, 6) is -2.58. The summed E-state index contributed by atoms with van der Waals surface area (Å²) in [7, 11) is -3.74. The van der Waals surface area contributed by atoms with Crippen molar-refractivity contribution < 1.29 is 31.1 Å². The lowest BCUT2D eigenvalue weighted by molar-refractivity contribution is -0.126. The minimum absolute atomic E-state index is 0.0762. The van der Waals surface area contributed by atoms with Gasteiger partial charge in [-0.05, 0) is 85.7 Å². The second-order valence-corrected chi connectivity index (χ2v) is 13.4. The van der Waals surface area contributed by atoms with E-state index in [0.717, 1.165) is 16.7 Å². The Morgan fingerprint density at radius 3 is 2.16 bits per heavy atom. The molecule has 0 radical (unpaired) electrons. The van der Waals surface area contributed by atoms with E-state index >= 15 is 0 Å². The molecule has 2 fully saturated rings. The number of benzene rings is 3. The Morgan fingerprint density at radius 2 is 1.57 bits per heavy atom. The molecule has 0 aromatic heterocycles. The first-order chi connectivity index (χ1) is 21.0. The Balaban J connectivity index is 1.07. The number of carbonyl (C=O) groups excluding carboxylic acids is 1. The molecule has 1 aliphatic carbocycles. The van der Waals surface area contributed by atoms with Gasteiger partial charge in [0.2, 0.25) is 15.9 Å². The van der Waals surface area contributed by atoms with E-state index < -0.39 is 15.9 Å². The number of alkyl halides is 2. The third kappa shape index (κ3) is 8.40. The monoisotopic (exact) mass is 629 g/mol. The van der Waals surface area contributed by atoms with E-state index in [4.69, 9.17) is 4.74 Å². The topological polar surface area (TPSA) is 87.7 Å². The summed E-state index contributed by atoms with van der Waals surface area (Å²) in [6.45, 7) is 2.76. The molecule has 3 aromatic rings. The highest BCUT2D eigenvalue weighted by Gasteiger charge is 2.37. The molecule has 1 aliphatic heterocycles. The van der Waals surface area contributed by atoms with E-state index in [1.165, 1.54) is 12.1 Å². The largest absolute Gasteiger partial charge is 0.492 e. The highest BCUT2D eigenvalue weighted by atomic mass is 32.2. The number of nitrogens with one attached hydrogen (secondary N) is 2. The van der Waals surface area contributed by atoms with Crippen molar-refractivity contribution in [3.63, 3.8) is 0 Å². The van der Waals surface area contributed by atoms with Gasteiger partial charge >= 0.3 is 0 Å². The number of hydrogen-bond donors (Lipinski definition) is 2. The number of hydrogen-bond acceptors (Lipinski definition) is 5. The third-order valence-electron chi connectivity index (χ3n) is 8.43. The maximum atomic E-state index is 13.3. The quantitative estimate of drug-likeness (QED) is 0.275. The highest BCUT2D eigenvalue weighted by molar-refractivity contribution is 7.89. The zero-order valence-electron chi connectivity index (χ0n) is 24.6. The number of carbonyl (C=O) groups is 1. The Hall–Kier alpha value is -3.41. The van der Waals surface area contributed by atoms with E-state index in [0.29, 0.717) is 51.1 Å². The van der Waals surface area contributed by atoms with Crippen LogP contribution in [-0.4, -0.2) is 57.4 Å². The van der Waals surface area contributed by atoms with Gasteiger partial charge in [-0.1, -0.05) is 36.4 Å². The molecule has 7 nitrogen and oxygen atoms in total. The predicted octanol–water partition coefficient (Wildman–Crippen LogP) is 5.93.